The molecule has 1 aliphatic heterocycles. The fourth-order valence-corrected chi connectivity index (χ4v) is 6.17. The van der Waals surface area contributed by atoms with E-state index in [1.54, 1.807) is 17.0 Å². The van der Waals surface area contributed by atoms with Crippen LogP contribution in [0.3, 0.4) is 0 Å². The molecule has 1 heterocycles. The van der Waals surface area contributed by atoms with Crippen molar-refractivity contribution in [2.45, 2.75) is 68.7 Å². The Morgan fingerprint density at radius 2 is 1.94 bits per heavy atom. The number of carbonyl (C=O) groups is 2. The van der Waals surface area contributed by atoms with Crippen LogP contribution >= 0.6 is 12.2 Å². The van der Waals surface area contributed by atoms with Gasteiger partial charge in [0.05, 0.1) is 10.8 Å². The van der Waals surface area contributed by atoms with Gasteiger partial charge in [0.1, 0.15) is 0 Å². The van der Waals surface area contributed by atoms with Gasteiger partial charge < -0.3 is 10.6 Å². The van der Waals surface area contributed by atoms with E-state index in [2.05, 4.69) is 16.7 Å². The van der Waals surface area contributed by atoms with Gasteiger partial charge in [0.25, 0.3) is 0 Å². The minimum atomic E-state index is -3.71. The number of fused-ring (bicyclic) bond motifs is 1. The number of nitrogens with one attached hydrogen (secondary N) is 2. The first-order valence-electron chi connectivity index (χ1n) is 12.4. The van der Waals surface area contributed by atoms with E-state index in [1.165, 1.54) is 30.5 Å². The van der Waals surface area contributed by atoms with Crippen molar-refractivity contribution < 1.29 is 18.0 Å². The van der Waals surface area contributed by atoms with Crippen LogP contribution in [0.2, 0.25) is 0 Å². The van der Waals surface area contributed by atoms with E-state index in [-0.39, 0.29) is 34.6 Å². The molecule has 0 spiro atoms. The Morgan fingerprint density at radius 3 is 2.63 bits per heavy atom. The molecule has 1 saturated carbocycles. The maximum absolute atomic E-state index is 13.2. The van der Waals surface area contributed by atoms with E-state index in [4.69, 9.17) is 17.4 Å². The van der Waals surface area contributed by atoms with Gasteiger partial charge in [-0.05, 0) is 87.7 Å². The molecule has 4 rings (SSSR count). The van der Waals surface area contributed by atoms with Gasteiger partial charge in [-0.3, -0.25) is 14.5 Å². The minimum Gasteiger partial charge on any atom is -0.359 e. The molecule has 2 amide bonds. The average Bonchev–Trinajstić information content (AvgIpc) is 2.84. The molecule has 35 heavy (non-hydrogen) atoms. The van der Waals surface area contributed by atoms with Crippen molar-refractivity contribution >= 4 is 39.2 Å². The Balaban J connectivity index is 1.24. The average molecular weight is 519 g/mol. The van der Waals surface area contributed by atoms with Crippen LogP contribution in [0.15, 0.2) is 40.8 Å². The molecule has 1 aromatic rings. The molecule has 2 aliphatic carbocycles. The Kier molecular flexibility index (Phi) is 8.23. The topological polar surface area (TPSA) is 122 Å². The number of nitrogens with two attached hydrogens (primary N) is 1. The molecule has 4 N–H and O–H groups in total. The lowest BCUT2D eigenvalue weighted by atomic mass is 9.76. The number of carbonyl (C=O) groups excluding carboxylic acids is 2. The first kappa shape index (κ1) is 25.8. The molecule has 1 aromatic carbocycles. The van der Waals surface area contributed by atoms with Gasteiger partial charge in [-0.1, -0.05) is 23.8 Å². The second-order valence-corrected chi connectivity index (χ2v) is 11.7. The lowest BCUT2D eigenvalue weighted by Crippen LogP contribution is -2.62. The van der Waals surface area contributed by atoms with E-state index < -0.39 is 10.0 Å². The highest BCUT2D eigenvalue weighted by Gasteiger charge is 2.43. The number of amides is 2. The van der Waals surface area contributed by atoms with E-state index in [0.29, 0.717) is 43.9 Å². The number of primary sulfonamides is 1. The van der Waals surface area contributed by atoms with E-state index in [9.17, 15) is 18.0 Å². The van der Waals surface area contributed by atoms with Crippen molar-refractivity contribution in [3.05, 3.63) is 41.5 Å². The lowest BCUT2D eigenvalue weighted by molar-refractivity contribution is -0.137. The quantitative estimate of drug-likeness (QED) is 0.359. The summed E-state index contributed by atoms with van der Waals surface area (Å²) in [5, 5.41) is 11.9. The van der Waals surface area contributed by atoms with Crippen LogP contribution in [0.5, 0.6) is 0 Å². The zero-order chi connectivity index (χ0) is 25.0. The highest BCUT2D eigenvalue weighted by molar-refractivity contribution is 7.89. The smallest absolute Gasteiger partial charge is 0.238 e. The lowest BCUT2D eigenvalue weighted by Gasteiger charge is -2.43. The predicted octanol–water partition coefficient (Wildman–Crippen LogP) is 2.38. The van der Waals surface area contributed by atoms with Crippen LogP contribution < -0.4 is 15.8 Å². The van der Waals surface area contributed by atoms with Gasteiger partial charge in [0.15, 0.2) is 5.11 Å². The van der Waals surface area contributed by atoms with Gasteiger partial charge in [0, 0.05) is 25.0 Å². The highest BCUT2D eigenvalue weighted by Crippen LogP contribution is 2.33. The van der Waals surface area contributed by atoms with Crippen LogP contribution in [-0.4, -0.2) is 49.4 Å². The van der Waals surface area contributed by atoms with Crippen LogP contribution in [0.4, 0.5) is 0 Å². The third-order valence-electron chi connectivity index (χ3n) is 7.36. The third-order valence-corrected chi connectivity index (χ3v) is 8.63. The number of sulfonamides is 1. The fraction of sp³-hybridized carbons (Fsp3) is 0.560. The number of hydrogen-bond donors (Lipinski definition) is 3. The van der Waals surface area contributed by atoms with E-state index in [1.807, 2.05) is 0 Å². The summed E-state index contributed by atoms with van der Waals surface area (Å²) >= 11 is 5.53. The number of thiocarbonyl (C=S) groups is 1. The summed E-state index contributed by atoms with van der Waals surface area (Å²) in [6.07, 6.45) is 10.4. The minimum absolute atomic E-state index is 0.0172. The zero-order valence-corrected chi connectivity index (χ0v) is 21.5. The van der Waals surface area contributed by atoms with Crippen molar-refractivity contribution in [2.24, 2.45) is 17.0 Å². The fourth-order valence-electron chi connectivity index (χ4n) is 5.32. The summed E-state index contributed by atoms with van der Waals surface area (Å²) < 4.78 is 22.7. The predicted molar refractivity (Wildman–Crippen MR) is 138 cm³/mol. The first-order valence-corrected chi connectivity index (χ1v) is 14.4. The Labute approximate surface area is 212 Å². The molecule has 3 aliphatic rings. The summed E-state index contributed by atoms with van der Waals surface area (Å²) in [4.78, 5) is 27.7. The molecule has 10 heteroatoms. The number of benzene rings is 1. The maximum atomic E-state index is 13.2. The van der Waals surface area contributed by atoms with Gasteiger partial charge >= 0.3 is 0 Å². The first-order chi connectivity index (χ1) is 16.7. The van der Waals surface area contributed by atoms with Crippen LogP contribution in [0.1, 0.15) is 56.9 Å². The summed E-state index contributed by atoms with van der Waals surface area (Å²) in [7, 11) is -3.71. The third kappa shape index (κ3) is 6.48. The molecular weight excluding hydrogens is 484 g/mol. The van der Waals surface area contributed by atoms with Gasteiger partial charge in [-0.15, -0.1) is 0 Å². The standard InChI is InChI=1S/C25H34N4O4S2/c26-35(32,33)20-9-6-18(7-10-20)12-14-27-23(30)19-8-11-21-22(16-19)28-25(34)29(24(21)31)15-13-17-4-2-1-3-5-17/h4,6-7,9-10,19,21-22H,1-3,5,8,11-16H2,(H,27,30)(H,28,34)(H2,26,32,33). The van der Waals surface area contributed by atoms with Crippen molar-refractivity contribution in [1.82, 2.24) is 15.5 Å². The van der Waals surface area contributed by atoms with Crippen LogP contribution in [0, 0.1) is 11.8 Å². The molecule has 0 radical (unpaired) electrons. The second-order valence-electron chi connectivity index (χ2n) is 9.75. The summed E-state index contributed by atoms with van der Waals surface area (Å²) in [5.74, 6) is -0.222. The Hall–Kier alpha value is -2.30. The SMILES string of the molecule is NS(=O)(=O)c1ccc(CCNC(=O)C2CCC3C(=O)N(CCC4=CCCCC4)C(=S)NC3C2)cc1. The van der Waals surface area contributed by atoms with Crippen LogP contribution in [0.25, 0.3) is 0 Å². The Bertz CT molecular complexity index is 1100. The number of allylic oxidation sites excluding steroid dienone is 1. The molecule has 3 unspecified atom stereocenters. The summed E-state index contributed by atoms with van der Waals surface area (Å²) in [6.45, 7) is 1.08. The molecular formula is C25H34N4O4S2. The molecule has 2 fully saturated rings. The molecule has 190 valence electrons. The highest BCUT2D eigenvalue weighted by atomic mass is 32.2. The summed E-state index contributed by atoms with van der Waals surface area (Å²) in [6, 6.07) is 6.24. The Morgan fingerprint density at radius 1 is 1.17 bits per heavy atom. The maximum Gasteiger partial charge on any atom is 0.238 e. The monoisotopic (exact) mass is 518 g/mol. The second kappa shape index (κ2) is 11.2. The van der Waals surface area contributed by atoms with Crippen LogP contribution in [-0.2, 0) is 26.0 Å². The summed E-state index contributed by atoms with van der Waals surface area (Å²) in [5.41, 5.74) is 2.34. The number of nitrogens with zero attached hydrogens (tertiary/aromatic N) is 1. The van der Waals surface area contributed by atoms with Crippen molar-refractivity contribution in [2.75, 3.05) is 13.1 Å². The van der Waals surface area contributed by atoms with Gasteiger partial charge in [0.2, 0.25) is 21.8 Å². The molecule has 1 saturated heterocycles. The van der Waals surface area contributed by atoms with E-state index >= 15 is 0 Å². The normalized spacial score (nSPS) is 24.9. The largest absolute Gasteiger partial charge is 0.359 e. The van der Waals surface area contributed by atoms with E-state index in [0.717, 1.165) is 24.8 Å². The molecule has 8 nitrogen and oxygen atoms in total. The van der Waals surface area contributed by atoms with Crippen molar-refractivity contribution in [1.29, 1.82) is 0 Å². The zero-order valence-electron chi connectivity index (χ0n) is 19.9. The molecule has 0 bridgehead atoms. The molecule has 3 atom stereocenters. The van der Waals surface area contributed by atoms with Gasteiger partial charge in [-0.25, -0.2) is 13.6 Å². The molecule has 0 aromatic heterocycles. The number of hydrogen-bond acceptors (Lipinski definition) is 5. The van der Waals surface area contributed by atoms with Crippen molar-refractivity contribution in [3.63, 3.8) is 0 Å². The van der Waals surface area contributed by atoms with Gasteiger partial charge in [-0.2, -0.15) is 0 Å². The number of rotatable bonds is 8. The van der Waals surface area contributed by atoms with Crippen molar-refractivity contribution in [3.8, 4) is 0 Å².